The number of ether oxygens (including phenoxy) is 3. The standard InChI is InChI=1S/C52H55FN4O9S2.C37H45FN4O7S2.CH4/c1-6-52(64)41-22-44-47-37(24-57(44)49(61)39(41)26-65-50(52)62)40(36-20-28(2)42(53)23-43(36)56-47)27-68-18-11-17-67-19-16-45(58)30(4)54-48(60)29(3)21-46(59)31(5)55-51(63)66-25-38-34-14-9-7-12-32(34)33-13-8-10-15-35(33)38;1-6-37(48)27-14-30-33-24(16-42(30)35(46)25(27)17-49-36(37)47)26(23-12-19(2)28(38)15-29(23)41-33)18-51-10-7-9-50-11-8-31(43)22(5)40-34(45)20(3)13-32(44)21(4)39;/h7-10,12-15,20,22-23,29-31,38,64H,6,11,16-19,21,24-27H2,1-5H3,(H,54,60)(H,55,63);12,14-15,20-22,48H,6-11,13,16-18,39H2,1-5H3,(H,40,45);1H4/t29-,30+,31+,52-;20-,21+,22+,37+;/m01./s1. The van der Waals surface area contributed by atoms with E-state index in [0.29, 0.717) is 74.4 Å². The predicted molar refractivity (Wildman–Crippen MR) is 465 cm³/mol. The molecule has 8 aromatic rings. The quantitative estimate of drug-likeness (QED) is 0.0122. The highest BCUT2D eigenvalue weighted by Crippen LogP contribution is 2.47. The molecule has 3 amide bonds. The molecule has 7 N–H and O–H groups in total. The number of ketones is 4. The zero-order valence-electron chi connectivity index (χ0n) is 68.3. The van der Waals surface area contributed by atoms with Gasteiger partial charge in [0.1, 0.15) is 37.2 Å². The Kier molecular flexibility index (Phi) is 29.8. The molecule has 4 aliphatic heterocycles. The third-order valence-electron chi connectivity index (χ3n) is 23.1. The van der Waals surface area contributed by atoms with Crippen LogP contribution in [0.5, 0.6) is 0 Å². The summed E-state index contributed by atoms with van der Waals surface area (Å²) in [5.41, 5.74) is 13.8. The van der Waals surface area contributed by atoms with Gasteiger partial charge in [0, 0.05) is 112 Å². The van der Waals surface area contributed by atoms with Crippen molar-refractivity contribution in [3.63, 3.8) is 0 Å². The molecule has 0 spiro atoms. The second kappa shape index (κ2) is 39.2. The molecule has 1 aliphatic carbocycles. The van der Waals surface area contributed by atoms with Crippen LogP contribution in [0.1, 0.15) is 187 Å². The van der Waals surface area contributed by atoms with E-state index in [4.69, 9.17) is 29.9 Å². The Labute approximate surface area is 712 Å². The number of carbonyl (C=O) groups excluding carboxylic acids is 9. The maximum absolute atomic E-state index is 14.9. The number of hydrogen-bond acceptors (Lipinski definition) is 23. The Hall–Kier alpha value is -9.43. The SMILES string of the molecule is C.CC[C@@]1(O)C(=O)OCc2c1cc1n(c2=O)Cc2c-1nc1cc(F)c(C)cc1c2CSCCCSCCC(=O)[C@@H](C)NC(=O)[C@@H](C)CC(=O)[C@@H](C)NC(=O)OCC1c2ccccc2-c2ccccc21.CC[C@@]1(O)C(=O)OCc2c1cc1n(c2=O)Cc2c-1nc1cc(F)c(C)cc1c2CSCCCSCCC(=O)[C@H](C)NC(=O)[C@H](C)CC(=O)[C@H](C)N. The smallest absolute Gasteiger partial charge is 0.407 e. The third-order valence-corrected chi connectivity index (χ3v) is 27.3. The zero-order valence-corrected chi connectivity index (χ0v) is 71.6. The number of hydrogen-bond donors (Lipinski definition) is 6. The van der Waals surface area contributed by atoms with Gasteiger partial charge in [-0.15, -0.1) is 0 Å². The van der Waals surface area contributed by atoms with Crippen molar-refractivity contribution in [2.24, 2.45) is 17.6 Å². The van der Waals surface area contributed by atoms with Crippen molar-refractivity contribution < 1.29 is 76.4 Å². The molecular formula is C90H104F2N8O16S4. The summed E-state index contributed by atoms with van der Waals surface area (Å²) in [4.78, 5) is 151. The molecule has 0 unspecified atom stereocenters. The third kappa shape index (κ3) is 19.2. The highest BCUT2D eigenvalue weighted by atomic mass is 32.2. The van der Waals surface area contributed by atoms with Crippen LogP contribution >= 0.6 is 47.0 Å². The second-order valence-corrected chi connectivity index (χ2v) is 36.0. The molecule has 638 valence electrons. The number of nitrogens with two attached hydrogens (primary N) is 1. The number of aryl methyl sites for hydroxylation is 2. The number of aliphatic hydroxyl groups is 2. The van der Waals surface area contributed by atoms with E-state index in [1.165, 1.54) is 12.1 Å². The number of thioether (sulfide) groups is 4. The lowest BCUT2D eigenvalue weighted by Crippen LogP contribution is -2.44. The van der Waals surface area contributed by atoms with Gasteiger partial charge in [0.2, 0.25) is 11.8 Å². The van der Waals surface area contributed by atoms with Crippen molar-refractivity contribution in [3.8, 4) is 33.9 Å². The average Bonchev–Trinajstić information content (AvgIpc) is 1.43. The van der Waals surface area contributed by atoms with Gasteiger partial charge in [-0.2, -0.15) is 47.0 Å². The summed E-state index contributed by atoms with van der Waals surface area (Å²) in [6.45, 7) is 16.6. The lowest BCUT2D eigenvalue weighted by atomic mass is 9.86. The maximum atomic E-state index is 14.9. The molecule has 4 aromatic carbocycles. The van der Waals surface area contributed by atoms with Crippen molar-refractivity contribution in [1.82, 2.24) is 35.1 Å². The van der Waals surface area contributed by atoms with Crippen LogP contribution in [-0.4, -0.2) is 148 Å². The minimum atomic E-state index is -1.95. The molecule has 0 saturated heterocycles. The van der Waals surface area contributed by atoms with Gasteiger partial charge in [0.25, 0.3) is 11.1 Å². The fourth-order valence-corrected chi connectivity index (χ4v) is 19.9. The van der Waals surface area contributed by atoms with Crippen LogP contribution in [0.2, 0.25) is 0 Å². The fraction of sp³-hybridized carbons (Fsp3) is 0.456. The maximum Gasteiger partial charge on any atom is 0.407 e. The fourth-order valence-electron chi connectivity index (χ4n) is 15.7. The van der Waals surface area contributed by atoms with Crippen LogP contribution in [-0.2, 0) is 102 Å². The minimum Gasteiger partial charge on any atom is -0.458 e. The zero-order chi connectivity index (χ0) is 85.6. The Balaban J connectivity index is 0.000000243. The van der Waals surface area contributed by atoms with Gasteiger partial charge in [-0.25, -0.2) is 33.1 Å². The number of pyridine rings is 4. The number of amides is 3. The first-order valence-electron chi connectivity index (χ1n) is 40.3. The Morgan fingerprint density at radius 1 is 0.558 bits per heavy atom. The van der Waals surface area contributed by atoms with Gasteiger partial charge in [0.05, 0.1) is 82.2 Å². The molecule has 5 aliphatic rings. The molecule has 120 heavy (non-hydrogen) atoms. The van der Waals surface area contributed by atoms with Crippen LogP contribution < -0.4 is 32.8 Å². The van der Waals surface area contributed by atoms with E-state index >= 15 is 0 Å². The first-order valence-corrected chi connectivity index (χ1v) is 44.9. The van der Waals surface area contributed by atoms with E-state index in [1.54, 1.807) is 150 Å². The number of esters is 2. The molecule has 8 heterocycles. The van der Waals surface area contributed by atoms with Crippen LogP contribution in [0.15, 0.2) is 94.5 Å². The molecule has 0 bridgehead atoms. The van der Waals surface area contributed by atoms with Gasteiger partial charge in [-0.1, -0.05) is 83.7 Å². The van der Waals surface area contributed by atoms with Gasteiger partial charge >= 0.3 is 18.0 Å². The highest BCUT2D eigenvalue weighted by Gasteiger charge is 2.48. The number of Topliss-reactive ketones (excluding diaryl/α,β-unsaturated/α-hetero) is 4. The summed E-state index contributed by atoms with van der Waals surface area (Å²) < 4.78 is 48.8. The van der Waals surface area contributed by atoms with Gasteiger partial charge in [0.15, 0.2) is 28.6 Å². The van der Waals surface area contributed by atoms with Gasteiger partial charge in [-0.05, 0) is 159 Å². The number of cyclic esters (lactones) is 2. The van der Waals surface area contributed by atoms with Gasteiger partial charge < -0.3 is 55.2 Å². The van der Waals surface area contributed by atoms with Crippen molar-refractivity contribution >= 4 is 122 Å². The van der Waals surface area contributed by atoms with Crippen LogP contribution in [0.25, 0.3) is 55.7 Å². The summed E-state index contributed by atoms with van der Waals surface area (Å²) >= 11 is 6.74. The van der Waals surface area contributed by atoms with Crippen LogP contribution in [0.4, 0.5) is 13.6 Å². The monoisotopic (exact) mass is 1720 g/mol. The van der Waals surface area contributed by atoms with E-state index in [2.05, 4.69) is 28.1 Å². The van der Waals surface area contributed by atoms with Crippen LogP contribution in [0.3, 0.4) is 0 Å². The van der Waals surface area contributed by atoms with E-state index in [1.807, 2.05) is 36.4 Å². The lowest BCUT2D eigenvalue weighted by Gasteiger charge is -2.31. The molecular weight excluding hydrogens is 1620 g/mol. The summed E-state index contributed by atoms with van der Waals surface area (Å²) in [5.74, 6) is 0.399. The molecule has 0 fully saturated rings. The molecule has 30 heteroatoms. The van der Waals surface area contributed by atoms with E-state index in [-0.39, 0.29) is 147 Å². The topological polar surface area (TPSA) is 354 Å². The number of rotatable bonds is 35. The van der Waals surface area contributed by atoms with Crippen molar-refractivity contribution in [2.45, 2.75) is 207 Å². The van der Waals surface area contributed by atoms with Crippen molar-refractivity contribution in [1.29, 1.82) is 0 Å². The number of nitrogens with one attached hydrogen (secondary N) is 3. The molecule has 24 nitrogen and oxygen atoms in total. The highest BCUT2D eigenvalue weighted by molar-refractivity contribution is 8.00. The Morgan fingerprint density at radius 2 is 0.958 bits per heavy atom. The number of aromatic nitrogens is 4. The summed E-state index contributed by atoms with van der Waals surface area (Å²) in [7, 11) is 0. The summed E-state index contributed by atoms with van der Waals surface area (Å²) in [6.07, 6.45) is 1.58. The van der Waals surface area contributed by atoms with E-state index in [0.717, 1.165) is 91.1 Å². The Morgan fingerprint density at radius 3 is 1.38 bits per heavy atom. The van der Waals surface area contributed by atoms with Crippen LogP contribution in [0, 0.1) is 37.3 Å². The van der Waals surface area contributed by atoms with Crippen molar-refractivity contribution in [3.05, 3.63) is 184 Å². The molecule has 13 rings (SSSR count). The average molecular weight is 1720 g/mol. The number of benzene rings is 4. The largest absolute Gasteiger partial charge is 0.458 e. The number of halogens is 2. The first-order chi connectivity index (χ1) is 56.8. The second-order valence-electron chi connectivity index (χ2n) is 31.3. The molecule has 0 radical (unpaired) electrons. The first kappa shape index (κ1) is 91.3. The molecule has 8 atom stereocenters. The lowest BCUT2D eigenvalue weighted by molar-refractivity contribution is -0.172. The predicted octanol–water partition coefficient (Wildman–Crippen LogP) is 12.8. The van der Waals surface area contributed by atoms with Gasteiger partial charge in [-0.3, -0.25) is 38.4 Å². The van der Waals surface area contributed by atoms with Crippen molar-refractivity contribution in [2.75, 3.05) is 41.1 Å². The number of fused-ring (bicyclic) bond motifs is 13. The number of nitrogens with zero attached hydrogens (tertiary/aromatic N) is 4. The summed E-state index contributed by atoms with van der Waals surface area (Å²) in [6, 6.07) is 22.9. The molecule has 4 aromatic heterocycles. The minimum absolute atomic E-state index is 0. The number of carbonyl (C=O) groups is 9. The molecule has 0 saturated carbocycles. The normalized spacial score (nSPS) is 17.3. The Bertz CT molecular complexity index is 5460. The van der Waals surface area contributed by atoms with E-state index < -0.39 is 77.0 Å². The number of alkyl carbamates (subject to hydrolysis) is 1. The van der Waals surface area contributed by atoms with E-state index in [9.17, 15) is 71.7 Å². The summed E-state index contributed by atoms with van der Waals surface area (Å²) in [5, 5.41) is 32.2.